The fourth-order valence-electron chi connectivity index (χ4n) is 1.33. The number of aliphatic imine (C=N–C) groups is 1. The van der Waals surface area contributed by atoms with Gasteiger partial charge in [0, 0.05) is 0 Å². The molecule has 0 atom stereocenters. The van der Waals surface area contributed by atoms with Gasteiger partial charge in [0.2, 0.25) is 0 Å². The van der Waals surface area contributed by atoms with Gasteiger partial charge in [-0.25, -0.2) is 0 Å². The summed E-state index contributed by atoms with van der Waals surface area (Å²) < 4.78 is 0.652. The number of carbonyl (C=O) groups is 1. The average Bonchev–Trinajstić information content (AvgIpc) is 2.49. The molecule has 1 aromatic rings. The molecule has 1 aromatic carbocycles. The number of halogens is 1. The number of nitrogens with zero attached hydrogens (tertiary/aromatic N) is 2. The van der Waals surface area contributed by atoms with Gasteiger partial charge >= 0.3 is 90.3 Å². The predicted octanol–water partition coefficient (Wildman–Crippen LogP) is 1.29. The van der Waals surface area contributed by atoms with Gasteiger partial charge in [0.15, 0.2) is 0 Å². The molecule has 3 nitrogen and oxygen atoms in total. The van der Waals surface area contributed by atoms with Crippen molar-refractivity contribution < 1.29 is 4.79 Å². The monoisotopic (exact) mass is 289 g/mol. The fourth-order valence-corrected chi connectivity index (χ4v) is 1.90. The van der Waals surface area contributed by atoms with Crippen LogP contribution in [0.15, 0.2) is 29.3 Å². The summed E-state index contributed by atoms with van der Waals surface area (Å²) in [5.41, 5.74) is 2.05. The minimum atomic E-state index is 0. The summed E-state index contributed by atoms with van der Waals surface area (Å²) in [5, 5.41) is 0. The third-order valence-corrected chi connectivity index (χ3v) is 2.74. The molecule has 2 rings (SSSR count). The number of aryl methyl sites for hydroxylation is 1. The molecule has 1 radical (unpaired) electrons. The van der Waals surface area contributed by atoms with Gasteiger partial charge in [-0.05, 0) is 0 Å². The van der Waals surface area contributed by atoms with E-state index in [0.29, 0.717) is 4.73 Å². The Labute approximate surface area is 103 Å². The minimum absolute atomic E-state index is 0. The zero-order chi connectivity index (χ0) is 10.1. The van der Waals surface area contributed by atoms with E-state index in [9.17, 15) is 4.79 Å². The van der Waals surface area contributed by atoms with E-state index in [-0.39, 0.29) is 24.9 Å². The predicted molar refractivity (Wildman–Crippen MR) is 64.0 cm³/mol. The molecule has 1 amide bonds. The van der Waals surface area contributed by atoms with Gasteiger partial charge in [-0.15, -0.1) is 12.4 Å². The smallest absolute Gasteiger partial charge is 0.147 e. The third kappa shape index (κ3) is 2.40. The van der Waals surface area contributed by atoms with Crippen LogP contribution in [0.1, 0.15) is 5.56 Å². The number of hydrogen-bond donors (Lipinski definition) is 0. The number of anilines is 1. The second kappa shape index (κ2) is 4.79. The topological polar surface area (TPSA) is 32.7 Å². The van der Waals surface area contributed by atoms with Crippen LogP contribution in [0.5, 0.6) is 0 Å². The normalized spacial score (nSPS) is 14.9. The minimum Gasteiger partial charge on any atom is -0.147 e. The molecule has 0 aromatic heterocycles. The summed E-state index contributed by atoms with van der Waals surface area (Å²) in [5.74, 6) is 0.0163. The van der Waals surface area contributed by atoms with Crippen LogP contribution in [0.2, 0.25) is 0 Å². The maximum absolute atomic E-state index is 11.5. The van der Waals surface area contributed by atoms with Crippen molar-refractivity contribution >= 4 is 44.7 Å². The largest absolute Gasteiger partial charge is 0.147 e. The molecule has 0 unspecified atom stereocenters. The van der Waals surface area contributed by atoms with Crippen LogP contribution in [0.4, 0.5) is 5.69 Å². The molecule has 0 saturated carbocycles. The van der Waals surface area contributed by atoms with Crippen molar-refractivity contribution in [2.75, 3.05) is 11.4 Å². The van der Waals surface area contributed by atoms with Gasteiger partial charge in [-0.3, -0.25) is 0 Å². The number of amidine groups is 1. The molecule has 0 spiro atoms. The summed E-state index contributed by atoms with van der Waals surface area (Å²) in [6, 6.07) is 7.80. The Hall–Kier alpha value is -0.831. The SMILES string of the molecule is Cc1ccc(N2C(=O)CN=C2[Se])cc1.Cl. The van der Waals surface area contributed by atoms with Crippen molar-refractivity contribution in [2.24, 2.45) is 4.99 Å². The molecule has 0 bridgehead atoms. The Bertz CT molecular complexity index is 402. The molecular formula is C10H10ClN2OSe. The molecule has 1 aliphatic heterocycles. The first kappa shape index (κ1) is 12.2. The second-order valence-electron chi connectivity index (χ2n) is 3.16. The van der Waals surface area contributed by atoms with Gasteiger partial charge in [0.05, 0.1) is 0 Å². The first-order valence-corrected chi connectivity index (χ1v) is 5.15. The van der Waals surface area contributed by atoms with E-state index in [0.717, 1.165) is 5.69 Å². The van der Waals surface area contributed by atoms with Crippen LogP contribution in [0.3, 0.4) is 0 Å². The van der Waals surface area contributed by atoms with Crippen molar-refractivity contribution in [2.45, 2.75) is 6.92 Å². The summed E-state index contributed by atoms with van der Waals surface area (Å²) in [7, 11) is 0. The van der Waals surface area contributed by atoms with Crippen molar-refractivity contribution in [3.8, 4) is 0 Å². The number of rotatable bonds is 1. The van der Waals surface area contributed by atoms with Gasteiger partial charge in [0.25, 0.3) is 0 Å². The Morgan fingerprint density at radius 1 is 1.33 bits per heavy atom. The summed E-state index contributed by atoms with van der Waals surface area (Å²) in [6.07, 6.45) is 0. The van der Waals surface area contributed by atoms with Crippen LogP contribution in [-0.4, -0.2) is 33.2 Å². The molecular weight excluding hydrogens is 279 g/mol. The molecule has 1 heterocycles. The van der Waals surface area contributed by atoms with Crippen molar-refractivity contribution in [3.63, 3.8) is 0 Å². The van der Waals surface area contributed by atoms with E-state index in [1.807, 2.05) is 31.2 Å². The summed E-state index contributed by atoms with van der Waals surface area (Å²) in [6.45, 7) is 2.26. The Morgan fingerprint density at radius 2 is 1.93 bits per heavy atom. The van der Waals surface area contributed by atoms with Crippen LogP contribution >= 0.6 is 12.4 Å². The van der Waals surface area contributed by atoms with Gasteiger partial charge < -0.3 is 0 Å². The zero-order valence-corrected chi connectivity index (χ0v) is 10.7. The Kier molecular flexibility index (Phi) is 3.91. The van der Waals surface area contributed by atoms with Crippen LogP contribution in [0.25, 0.3) is 0 Å². The van der Waals surface area contributed by atoms with Crippen molar-refractivity contribution in [1.29, 1.82) is 0 Å². The van der Waals surface area contributed by atoms with E-state index in [2.05, 4.69) is 21.0 Å². The van der Waals surface area contributed by atoms with Gasteiger partial charge in [-0.2, -0.15) is 0 Å². The van der Waals surface area contributed by atoms with Crippen LogP contribution in [0, 0.1) is 6.92 Å². The van der Waals surface area contributed by atoms with Crippen LogP contribution < -0.4 is 4.90 Å². The summed E-state index contributed by atoms with van der Waals surface area (Å²) in [4.78, 5) is 17.1. The fraction of sp³-hybridized carbons (Fsp3) is 0.200. The average molecular weight is 289 g/mol. The molecule has 0 aliphatic carbocycles. The first-order chi connectivity index (χ1) is 6.68. The number of carbonyl (C=O) groups excluding carboxylic acids is 1. The van der Waals surface area contributed by atoms with E-state index in [1.54, 1.807) is 4.90 Å². The quantitative estimate of drug-likeness (QED) is 0.717. The molecule has 0 fully saturated rings. The Balaban J connectivity index is 0.00000112. The van der Waals surface area contributed by atoms with Crippen molar-refractivity contribution in [1.82, 2.24) is 0 Å². The van der Waals surface area contributed by atoms with Gasteiger partial charge in [-0.1, -0.05) is 0 Å². The molecule has 79 valence electrons. The number of hydrogen-bond acceptors (Lipinski definition) is 2. The maximum atomic E-state index is 11.5. The summed E-state index contributed by atoms with van der Waals surface area (Å²) >= 11 is 2.79. The van der Waals surface area contributed by atoms with Crippen LogP contribution in [-0.2, 0) is 4.79 Å². The molecule has 0 N–H and O–H groups in total. The standard InChI is InChI=1S/C10H9N2OSe.ClH/c1-7-2-4-8(5-3-7)12-9(13)6-11-10(12)14;/h2-5H,6H2,1H3;1H. The zero-order valence-electron chi connectivity index (χ0n) is 8.14. The first-order valence-electron chi connectivity index (χ1n) is 4.29. The molecule has 15 heavy (non-hydrogen) atoms. The number of amides is 1. The third-order valence-electron chi connectivity index (χ3n) is 2.08. The van der Waals surface area contributed by atoms with E-state index >= 15 is 0 Å². The molecule has 1 aliphatic rings. The van der Waals surface area contributed by atoms with Crippen molar-refractivity contribution in [3.05, 3.63) is 29.8 Å². The Morgan fingerprint density at radius 3 is 2.40 bits per heavy atom. The van der Waals surface area contributed by atoms with Gasteiger partial charge in [0.1, 0.15) is 0 Å². The van der Waals surface area contributed by atoms with E-state index < -0.39 is 0 Å². The molecule has 0 saturated heterocycles. The second-order valence-corrected chi connectivity index (χ2v) is 3.93. The maximum Gasteiger partial charge on any atom is -0.147 e. The number of benzene rings is 1. The van der Waals surface area contributed by atoms with E-state index in [1.165, 1.54) is 5.56 Å². The van der Waals surface area contributed by atoms with E-state index in [4.69, 9.17) is 0 Å². The molecule has 5 heteroatoms.